The molecule has 0 bridgehead atoms. The zero-order valence-electron chi connectivity index (χ0n) is 12.8. The van der Waals surface area contributed by atoms with Gasteiger partial charge >= 0.3 is 0 Å². The van der Waals surface area contributed by atoms with Gasteiger partial charge < -0.3 is 4.42 Å². The molecular formula is C22H13ClO. The third-order valence-corrected chi connectivity index (χ3v) is 4.82. The highest BCUT2D eigenvalue weighted by Gasteiger charge is 2.17. The van der Waals surface area contributed by atoms with Crippen LogP contribution >= 0.6 is 11.6 Å². The number of benzene rings is 4. The lowest BCUT2D eigenvalue weighted by molar-refractivity contribution is 0.670. The quantitative estimate of drug-likeness (QED) is 0.321. The minimum absolute atomic E-state index is 0.645. The number of hydrogen-bond acceptors (Lipinski definition) is 1. The zero-order chi connectivity index (χ0) is 16.1. The van der Waals surface area contributed by atoms with E-state index in [1.165, 1.54) is 10.8 Å². The van der Waals surface area contributed by atoms with Crippen molar-refractivity contribution in [2.75, 3.05) is 0 Å². The van der Waals surface area contributed by atoms with Gasteiger partial charge in [0.25, 0.3) is 0 Å². The van der Waals surface area contributed by atoms with Crippen LogP contribution in [0, 0.1) is 0 Å². The smallest absolute Gasteiger partial charge is 0.154 e. The molecular weight excluding hydrogens is 316 g/mol. The first-order chi connectivity index (χ1) is 11.8. The molecule has 5 rings (SSSR count). The number of fused-ring (bicyclic) bond motifs is 4. The van der Waals surface area contributed by atoms with Crippen molar-refractivity contribution in [1.29, 1.82) is 0 Å². The van der Waals surface area contributed by atoms with Gasteiger partial charge in [0.05, 0.1) is 5.02 Å². The van der Waals surface area contributed by atoms with Crippen LogP contribution in [0.15, 0.2) is 83.3 Å². The maximum absolute atomic E-state index is 6.36. The Kier molecular flexibility index (Phi) is 2.91. The van der Waals surface area contributed by atoms with E-state index in [-0.39, 0.29) is 0 Å². The van der Waals surface area contributed by atoms with Crippen molar-refractivity contribution in [3.05, 3.63) is 83.9 Å². The summed E-state index contributed by atoms with van der Waals surface area (Å²) in [7, 11) is 0. The second-order valence-electron chi connectivity index (χ2n) is 5.93. The third kappa shape index (κ3) is 1.88. The summed E-state index contributed by atoms with van der Waals surface area (Å²) in [4.78, 5) is 0. The van der Waals surface area contributed by atoms with Crippen molar-refractivity contribution in [2.24, 2.45) is 0 Å². The third-order valence-electron chi connectivity index (χ3n) is 4.53. The van der Waals surface area contributed by atoms with Crippen molar-refractivity contribution in [1.82, 2.24) is 0 Å². The Labute approximate surface area is 144 Å². The van der Waals surface area contributed by atoms with Crippen LogP contribution in [0.5, 0.6) is 0 Å². The molecule has 0 spiro atoms. The topological polar surface area (TPSA) is 13.1 Å². The normalized spacial score (nSPS) is 11.5. The first-order valence-corrected chi connectivity index (χ1v) is 8.28. The molecule has 0 saturated carbocycles. The van der Waals surface area contributed by atoms with Gasteiger partial charge in [-0.15, -0.1) is 0 Å². The van der Waals surface area contributed by atoms with Crippen molar-refractivity contribution in [2.45, 2.75) is 0 Å². The molecule has 0 saturated heterocycles. The lowest BCUT2D eigenvalue weighted by Gasteiger charge is -2.08. The van der Waals surface area contributed by atoms with Gasteiger partial charge in [-0.1, -0.05) is 78.3 Å². The number of furan rings is 1. The Morgan fingerprint density at radius 1 is 0.625 bits per heavy atom. The maximum atomic E-state index is 6.36. The molecule has 114 valence electrons. The van der Waals surface area contributed by atoms with Gasteiger partial charge in [-0.2, -0.15) is 0 Å². The van der Waals surface area contributed by atoms with Crippen LogP contribution in [0.3, 0.4) is 0 Å². The summed E-state index contributed by atoms with van der Waals surface area (Å²) in [5.74, 6) is 0. The number of halogens is 1. The lowest BCUT2D eigenvalue weighted by atomic mass is 9.95. The van der Waals surface area contributed by atoms with Crippen LogP contribution in [0.25, 0.3) is 43.8 Å². The summed E-state index contributed by atoms with van der Waals surface area (Å²) in [6.45, 7) is 0. The molecule has 0 aliphatic carbocycles. The van der Waals surface area contributed by atoms with E-state index in [1.807, 2.05) is 18.2 Å². The average molecular weight is 329 g/mol. The van der Waals surface area contributed by atoms with E-state index in [0.717, 1.165) is 33.1 Å². The molecule has 1 nitrogen and oxygen atoms in total. The van der Waals surface area contributed by atoms with E-state index >= 15 is 0 Å². The summed E-state index contributed by atoms with van der Waals surface area (Å²) in [5.41, 5.74) is 3.91. The van der Waals surface area contributed by atoms with Crippen LogP contribution in [-0.2, 0) is 0 Å². The summed E-state index contributed by atoms with van der Waals surface area (Å²) in [5, 5.41) is 5.19. The molecule has 0 unspecified atom stereocenters. The summed E-state index contributed by atoms with van der Waals surface area (Å²) < 4.78 is 6.24. The van der Waals surface area contributed by atoms with Gasteiger partial charge in [0, 0.05) is 16.3 Å². The van der Waals surface area contributed by atoms with Crippen molar-refractivity contribution < 1.29 is 4.42 Å². The molecule has 0 atom stereocenters. The first kappa shape index (κ1) is 13.6. The molecule has 0 aliphatic rings. The second kappa shape index (κ2) is 5.12. The monoisotopic (exact) mass is 328 g/mol. The molecule has 0 aliphatic heterocycles. The molecule has 24 heavy (non-hydrogen) atoms. The maximum Gasteiger partial charge on any atom is 0.154 e. The Balaban J connectivity index is 2.07. The van der Waals surface area contributed by atoms with Crippen LogP contribution in [-0.4, -0.2) is 0 Å². The van der Waals surface area contributed by atoms with Crippen LogP contribution < -0.4 is 0 Å². The van der Waals surface area contributed by atoms with E-state index in [9.17, 15) is 0 Å². The van der Waals surface area contributed by atoms with Crippen LogP contribution in [0.2, 0.25) is 5.02 Å². The SMILES string of the molecule is Clc1cccc2c1oc1c(-c3ccccc3)c3ccccc3cc12. The Morgan fingerprint density at radius 3 is 2.25 bits per heavy atom. The Morgan fingerprint density at radius 2 is 1.38 bits per heavy atom. The van der Waals surface area contributed by atoms with E-state index in [1.54, 1.807) is 0 Å². The molecule has 0 fully saturated rings. The minimum atomic E-state index is 0.645. The molecule has 5 aromatic rings. The van der Waals surface area contributed by atoms with Crippen molar-refractivity contribution in [3.8, 4) is 11.1 Å². The van der Waals surface area contributed by atoms with Crippen molar-refractivity contribution >= 4 is 44.3 Å². The van der Waals surface area contributed by atoms with Gasteiger partial charge in [0.2, 0.25) is 0 Å². The lowest BCUT2D eigenvalue weighted by Crippen LogP contribution is -1.82. The van der Waals surface area contributed by atoms with Gasteiger partial charge in [0.15, 0.2) is 5.58 Å². The minimum Gasteiger partial charge on any atom is -0.454 e. The summed E-state index contributed by atoms with van der Waals surface area (Å²) in [6.07, 6.45) is 0. The highest BCUT2D eigenvalue weighted by atomic mass is 35.5. The Hall–Kier alpha value is -2.77. The standard InChI is InChI=1S/C22H13ClO/c23-19-12-6-11-17-18-13-15-9-4-5-10-16(15)20(22(18)24-21(17)19)14-7-2-1-3-8-14/h1-13H. The Bertz CT molecular complexity index is 1200. The van der Waals surface area contributed by atoms with E-state index in [0.29, 0.717) is 5.02 Å². The molecule has 1 aromatic heterocycles. The van der Waals surface area contributed by atoms with E-state index < -0.39 is 0 Å². The first-order valence-electron chi connectivity index (χ1n) is 7.91. The molecule has 0 N–H and O–H groups in total. The molecule has 0 radical (unpaired) electrons. The predicted molar refractivity (Wildman–Crippen MR) is 102 cm³/mol. The number of hydrogen-bond donors (Lipinski definition) is 0. The van der Waals surface area contributed by atoms with Gasteiger partial charge in [-0.25, -0.2) is 0 Å². The van der Waals surface area contributed by atoms with Crippen molar-refractivity contribution in [3.63, 3.8) is 0 Å². The molecule has 1 heterocycles. The second-order valence-corrected chi connectivity index (χ2v) is 6.34. The number of para-hydroxylation sites is 1. The largest absolute Gasteiger partial charge is 0.454 e. The molecule has 4 aromatic carbocycles. The van der Waals surface area contributed by atoms with E-state index in [2.05, 4.69) is 60.7 Å². The zero-order valence-corrected chi connectivity index (χ0v) is 13.5. The van der Waals surface area contributed by atoms with Gasteiger partial charge in [0.1, 0.15) is 5.58 Å². The van der Waals surface area contributed by atoms with Gasteiger partial charge in [-0.3, -0.25) is 0 Å². The van der Waals surface area contributed by atoms with Gasteiger partial charge in [-0.05, 0) is 28.5 Å². The van der Waals surface area contributed by atoms with Crippen LogP contribution in [0.1, 0.15) is 0 Å². The summed E-state index contributed by atoms with van der Waals surface area (Å²) in [6, 6.07) is 26.9. The van der Waals surface area contributed by atoms with E-state index in [4.69, 9.17) is 16.0 Å². The fourth-order valence-electron chi connectivity index (χ4n) is 3.45. The fourth-order valence-corrected chi connectivity index (χ4v) is 3.67. The predicted octanol–water partition coefficient (Wildman–Crippen LogP) is 7.06. The number of rotatable bonds is 1. The fraction of sp³-hybridized carbons (Fsp3) is 0. The summed E-state index contributed by atoms with van der Waals surface area (Å²) >= 11 is 6.36. The highest BCUT2D eigenvalue weighted by molar-refractivity contribution is 6.36. The average Bonchev–Trinajstić information content (AvgIpc) is 3.00. The van der Waals surface area contributed by atoms with Crippen LogP contribution in [0.4, 0.5) is 0 Å². The molecule has 2 heteroatoms. The highest BCUT2D eigenvalue weighted by Crippen LogP contribution is 2.42. The molecule has 0 amide bonds.